The van der Waals surface area contributed by atoms with Crippen LogP contribution in [0.5, 0.6) is 0 Å². The fourth-order valence-corrected chi connectivity index (χ4v) is 3.11. The minimum Gasteiger partial charge on any atom is -0.394 e. The predicted molar refractivity (Wildman–Crippen MR) is 80.2 cm³/mol. The SMILES string of the molecule is Cc1cccc(C)c1CNC1(CO)CCC(C)CC1. The maximum Gasteiger partial charge on any atom is 0.0613 e. The van der Waals surface area contributed by atoms with Gasteiger partial charge in [0.2, 0.25) is 0 Å². The fourth-order valence-electron chi connectivity index (χ4n) is 3.11. The molecule has 0 atom stereocenters. The fraction of sp³-hybridized carbons (Fsp3) is 0.647. The molecule has 0 aromatic heterocycles. The Hall–Kier alpha value is -0.860. The van der Waals surface area contributed by atoms with E-state index in [1.165, 1.54) is 29.5 Å². The van der Waals surface area contributed by atoms with Gasteiger partial charge in [-0.05, 0) is 62.1 Å². The number of hydrogen-bond acceptors (Lipinski definition) is 2. The molecule has 1 aliphatic rings. The third kappa shape index (κ3) is 3.37. The summed E-state index contributed by atoms with van der Waals surface area (Å²) in [7, 11) is 0. The van der Waals surface area contributed by atoms with Crippen molar-refractivity contribution in [1.29, 1.82) is 0 Å². The lowest BCUT2D eigenvalue weighted by atomic mass is 9.77. The van der Waals surface area contributed by atoms with Gasteiger partial charge in [-0.25, -0.2) is 0 Å². The first-order chi connectivity index (χ1) is 9.06. The lowest BCUT2D eigenvalue weighted by Gasteiger charge is -2.39. The van der Waals surface area contributed by atoms with E-state index in [4.69, 9.17) is 0 Å². The summed E-state index contributed by atoms with van der Waals surface area (Å²) < 4.78 is 0. The van der Waals surface area contributed by atoms with Crippen molar-refractivity contribution in [3.63, 3.8) is 0 Å². The number of benzene rings is 1. The predicted octanol–water partition coefficient (Wildman–Crippen LogP) is 3.33. The molecule has 2 N–H and O–H groups in total. The van der Waals surface area contributed by atoms with Crippen LogP contribution in [-0.4, -0.2) is 17.3 Å². The molecule has 1 aromatic rings. The first-order valence-corrected chi connectivity index (χ1v) is 7.47. The molecule has 0 amide bonds. The number of aliphatic hydroxyl groups excluding tert-OH is 1. The van der Waals surface area contributed by atoms with Crippen LogP contribution in [0.25, 0.3) is 0 Å². The van der Waals surface area contributed by atoms with Crippen molar-refractivity contribution in [3.8, 4) is 0 Å². The van der Waals surface area contributed by atoms with E-state index in [-0.39, 0.29) is 12.1 Å². The van der Waals surface area contributed by atoms with E-state index < -0.39 is 0 Å². The standard InChI is InChI=1S/C17H27NO/c1-13-7-9-17(12-19,10-8-13)18-11-16-14(2)5-4-6-15(16)3/h4-6,13,18-19H,7-12H2,1-3H3. The van der Waals surface area contributed by atoms with E-state index >= 15 is 0 Å². The minimum atomic E-state index is -0.0543. The van der Waals surface area contributed by atoms with Crippen LogP contribution in [0, 0.1) is 19.8 Å². The largest absolute Gasteiger partial charge is 0.394 e. The van der Waals surface area contributed by atoms with E-state index in [0.29, 0.717) is 0 Å². The quantitative estimate of drug-likeness (QED) is 0.871. The number of rotatable bonds is 4. The first-order valence-electron chi connectivity index (χ1n) is 7.47. The molecule has 0 radical (unpaired) electrons. The number of aryl methyl sites for hydroxylation is 2. The molecule has 0 heterocycles. The topological polar surface area (TPSA) is 32.3 Å². The zero-order valence-corrected chi connectivity index (χ0v) is 12.5. The van der Waals surface area contributed by atoms with Crippen molar-refractivity contribution in [1.82, 2.24) is 5.32 Å². The van der Waals surface area contributed by atoms with Crippen LogP contribution in [0.15, 0.2) is 18.2 Å². The van der Waals surface area contributed by atoms with E-state index in [1.807, 2.05) is 0 Å². The van der Waals surface area contributed by atoms with Crippen LogP contribution in [0.2, 0.25) is 0 Å². The average molecular weight is 261 g/mol. The second kappa shape index (κ2) is 6.06. The summed E-state index contributed by atoms with van der Waals surface area (Å²) in [5, 5.41) is 13.4. The average Bonchev–Trinajstić information content (AvgIpc) is 2.41. The molecule has 1 aliphatic carbocycles. The summed E-state index contributed by atoms with van der Waals surface area (Å²) >= 11 is 0. The summed E-state index contributed by atoms with van der Waals surface area (Å²) in [5.74, 6) is 0.807. The van der Waals surface area contributed by atoms with Gasteiger partial charge in [-0.3, -0.25) is 0 Å². The van der Waals surface area contributed by atoms with Gasteiger partial charge in [-0.1, -0.05) is 25.1 Å². The van der Waals surface area contributed by atoms with Crippen LogP contribution in [0.4, 0.5) is 0 Å². The highest BCUT2D eigenvalue weighted by Crippen LogP contribution is 2.32. The lowest BCUT2D eigenvalue weighted by Crippen LogP contribution is -2.50. The second-order valence-corrected chi connectivity index (χ2v) is 6.34. The summed E-state index contributed by atoms with van der Waals surface area (Å²) in [4.78, 5) is 0. The monoisotopic (exact) mass is 261 g/mol. The second-order valence-electron chi connectivity index (χ2n) is 6.34. The summed E-state index contributed by atoms with van der Waals surface area (Å²) in [6.07, 6.45) is 4.63. The van der Waals surface area contributed by atoms with Gasteiger partial charge in [0.1, 0.15) is 0 Å². The van der Waals surface area contributed by atoms with Gasteiger partial charge in [0, 0.05) is 12.1 Å². The van der Waals surface area contributed by atoms with Crippen molar-refractivity contribution in [2.24, 2.45) is 5.92 Å². The van der Waals surface area contributed by atoms with E-state index in [1.54, 1.807) is 0 Å². The minimum absolute atomic E-state index is 0.0543. The van der Waals surface area contributed by atoms with E-state index in [2.05, 4.69) is 44.3 Å². The van der Waals surface area contributed by atoms with Gasteiger partial charge in [0.25, 0.3) is 0 Å². The Morgan fingerprint density at radius 1 is 1.21 bits per heavy atom. The molecule has 106 valence electrons. The van der Waals surface area contributed by atoms with Gasteiger partial charge in [-0.2, -0.15) is 0 Å². The summed E-state index contributed by atoms with van der Waals surface area (Å²) in [6, 6.07) is 6.44. The molecule has 1 fully saturated rings. The maximum atomic E-state index is 9.78. The molecule has 19 heavy (non-hydrogen) atoms. The van der Waals surface area contributed by atoms with Crippen molar-refractivity contribution >= 4 is 0 Å². The van der Waals surface area contributed by atoms with Gasteiger partial charge >= 0.3 is 0 Å². The van der Waals surface area contributed by atoms with Crippen LogP contribution in [0.3, 0.4) is 0 Å². The van der Waals surface area contributed by atoms with Crippen LogP contribution in [0.1, 0.15) is 49.3 Å². The number of nitrogens with one attached hydrogen (secondary N) is 1. The molecule has 1 aromatic carbocycles. The van der Waals surface area contributed by atoms with Gasteiger partial charge < -0.3 is 10.4 Å². The summed E-state index contributed by atoms with van der Waals surface area (Å²) in [6.45, 7) is 7.77. The normalized spacial score (nSPS) is 27.5. The highest BCUT2D eigenvalue weighted by atomic mass is 16.3. The Morgan fingerprint density at radius 2 is 1.79 bits per heavy atom. The molecule has 2 heteroatoms. The molecule has 0 unspecified atom stereocenters. The Morgan fingerprint density at radius 3 is 2.32 bits per heavy atom. The van der Waals surface area contributed by atoms with Crippen molar-refractivity contribution < 1.29 is 5.11 Å². The third-order valence-electron chi connectivity index (χ3n) is 4.82. The van der Waals surface area contributed by atoms with Crippen LogP contribution in [-0.2, 0) is 6.54 Å². The van der Waals surface area contributed by atoms with E-state index in [0.717, 1.165) is 25.3 Å². The molecule has 0 spiro atoms. The molecule has 0 aliphatic heterocycles. The van der Waals surface area contributed by atoms with E-state index in [9.17, 15) is 5.11 Å². The smallest absolute Gasteiger partial charge is 0.0613 e. The highest BCUT2D eigenvalue weighted by Gasteiger charge is 2.33. The van der Waals surface area contributed by atoms with Crippen molar-refractivity contribution in [3.05, 3.63) is 34.9 Å². The highest BCUT2D eigenvalue weighted by molar-refractivity contribution is 5.33. The Balaban J connectivity index is 2.04. The van der Waals surface area contributed by atoms with Gasteiger partial charge in [0.05, 0.1) is 6.61 Å². The summed E-state index contributed by atoms with van der Waals surface area (Å²) in [5.41, 5.74) is 4.00. The maximum absolute atomic E-state index is 9.78. The van der Waals surface area contributed by atoms with Gasteiger partial charge in [-0.15, -0.1) is 0 Å². The Kier molecular flexibility index (Phi) is 4.64. The molecule has 2 rings (SSSR count). The first kappa shape index (κ1) is 14.5. The molecular formula is C17H27NO. The van der Waals surface area contributed by atoms with Gasteiger partial charge in [0.15, 0.2) is 0 Å². The zero-order chi connectivity index (χ0) is 13.9. The van der Waals surface area contributed by atoms with Crippen molar-refractivity contribution in [2.45, 2.75) is 58.5 Å². The Bertz CT molecular complexity index is 399. The molecular weight excluding hydrogens is 234 g/mol. The number of hydrogen-bond donors (Lipinski definition) is 2. The van der Waals surface area contributed by atoms with Crippen LogP contribution < -0.4 is 5.32 Å². The molecule has 0 saturated heterocycles. The lowest BCUT2D eigenvalue weighted by molar-refractivity contribution is 0.104. The van der Waals surface area contributed by atoms with Crippen LogP contribution >= 0.6 is 0 Å². The third-order valence-corrected chi connectivity index (χ3v) is 4.82. The molecule has 2 nitrogen and oxygen atoms in total. The number of aliphatic hydroxyl groups is 1. The zero-order valence-electron chi connectivity index (χ0n) is 12.5. The molecule has 0 bridgehead atoms. The van der Waals surface area contributed by atoms with Crippen molar-refractivity contribution in [2.75, 3.05) is 6.61 Å². The molecule has 1 saturated carbocycles. The Labute approximate surface area is 117 Å².